The fraction of sp³-hybridized carbons (Fsp3) is 0.250. The molecule has 0 aliphatic carbocycles. The molecule has 0 N–H and O–H groups in total. The van der Waals surface area contributed by atoms with Gasteiger partial charge in [0, 0.05) is 21.9 Å². The van der Waals surface area contributed by atoms with Crippen LogP contribution < -0.4 is 0 Å². The van der Waals surface area contributed by atoms with E-state index in [1.54, 1.807) is 0 Å². The zero-order valence-electron chi connectivity index (χ0n) is 11.1. The molecular formula is C16H16BrNO. The number of aryl methyl sites for hydroxylation is 2. The summed E-state index contributed by atoms with van der Waals surface area (Å²) in [6, 6.07) is 9.76. The average molecular weight is 318 g/mol. The van der Waals surface area contributed by atoms with E-state index in [2.05, 4.69) is 27.8 Å². The first-order chi connectivity index (χ1) is 9.10. The summed E-state index contributed by atoms with van der Waals surface area (Å²) >= 11 is 3.43. The van der Waals surface area contributed by atoms with Crippen molar-refractivity contribution in [2.24, 2.45) is 0 Å². The third-order valence-corrected chi connectivity index (χ3v) is 3.75. The zero-order chi connectivity index (χ0) is 13.8. The Kier molecular flexibility index (Phi) is 4.48. The second-order valence-electron chi connectivity index (χ2n) is 4.59. The molecule has 0 spiro atoms. The largest absolute Gasteiger partial charge is 0.294 e. The summed E-state index contributed by atoms with van der Waals surface area (Å²) in [6.45, 7) is 4.07. The smallest absolute Gasteiger partial charge is 0.169 e. The Morgan fingerprint density at radius 2 is 2.05 bits per heavy atom. The van der Waals surface area contributed by atoms with Crippen molar-refractivity contribution in [3.8, 4) is 0 Å². The number of hydrogen-bond donors (Lipinski definition) is 0. The molecule has 2 nitrogen and oxygen atoms in total. The number of aromatic nitrogens is 1. The summed E-state index contributed by atoms with van der Waals surface area (Å²) in [4.78, 5) is 16.6. The molecule has 1 aromatic heterocycles. The molecule has 98 valence electrons. The number of carbonyl (C=O) groups is 1. The minimum Gasteiger partial charge on any atom is -0.294 e. The van der Waals surface area contributed by atoms with Crippen LogP contribution in [0.25, 0.3) is 0 Å². The van der Waals surface area contributed by atoms with Crippen molar-refractivity contribution in [2.45, 2.75) is 26.7 Å². The minimum atomic E-state index is 0.0901. The van der Waals surface area contributed by atoms with Gasteiger partial charge in [-0.15, -0.1) is 0 Å². The van der Waals surface area contributed by atoms with Gasteiger partial charge in [0.15, 0.2) is 5.78 Å². The fourth-order valence-electron chi connectivity index (χ4n) is 1.88. The van der Waals surface area contributed by atoms with Gasteiger partial charge >= 0.3 is 0 Å². The van der Waals surface area contributed by atoms with Crippen LogP contribution in [0.2, 0.25) is 0 Å². The van der Waals surface area contributed by atoms with Gasteiger partial charge in [-0.05, 0) is 37.1 Å². The summed E-state index contributed by atoms with van der Waals surface area (Å²) in [5, 5.41) is 0. The Morgan fingerprint density at radius 1 is 1.26 bits per heavy atom. The predicted octanol–water partition coefficient (Wildman–Crippen LogP) is 4.14. The standard InChI is InChI=1S/C16H16BrNO/c1-3-12-5-6-13(18-10-12)9-16(19)14-8-11(2)4-7-15(14)17/h4-8,10H,3,9H2,1-2H3. The average Bonchev–Trinajstić information content (AvgIpc) is 2.42. The highest BCUT2D eigenvalue weighted by Crippen LogP contribution is 2.20. The molecule has 0 saturated carbocycles. The highest BCUT2D eigenvalue weighted by atomic mass is 79.9. The van der Waals surface area contributed by atoms with E-state index in [1.807, 2.05) is 43.5 Å². The Labute approximate surface area is 122 Å². The number of nitrogens with zero attached hydrogens (tertiary/aromatic N) is 1. The van der Waals surface area contributed by atoms with Crippen LogP contribution in [0.15, 0.2) is 41.0 Å². The van der Waals surface area contributed by atoms with E-state index >= 15 is 0 Å². The number of ketones is 1. The normalized spacial score (nSPS) is 10.5. The lowest BCUT2D eigenvalue weighted by Crippen LogP contribution is -2.06. The van der Waals surface area contributed by atoms with Gasteiger partial charge < -0.3 is 0 Å². The van der Waals surface area contributed by atoms with Gasteiger partial charge in [0.05, 0.1) is 6.42 Å². The summed E-state index contributed by atoms with van der Waals surface area (Å²) in [5.41, 5.74) is 3.81. The molecule has 2 rings (SSSR count). The second-order valence-corrected chi connectivity index (χ2v) is 5.45. The Morgan fingerprint density at radius 3 is 2.68 bits per heavy atom. The van der Waals surface area contributed by atoms with E-state index in [0.29, 0.717) is 6.42 Å². The maximum absolute atomic E-state index is 12.3. The zero-order valence-corrected chi connectivity index (χ0v) is 12.7. The number of benzene rings is 1. The van der Waals surface area contributed by atoms with Crippen LogP contribution in [0.3, 0.4) is 0 Å². The van der Waals surface area contributed by atoms with Crippen LogP contribution in [0.1, 0.15) is 34.1 Å². The monoisotopic (exact) mass is 317 g/mol. The summed E-state index contributed by atoms with van der Waals surface area (Å²) in [6.07, 6.45) is 3.14. The molecule has 1 aromatic carbocycles. The van der Waals surface area contributed by atoms with Crippen LogP contribution in [0.5, 0.6) is 0 Å². The SMILES string of the molecule is CCc1ccc(CC(=O)c2cc(C)ccc2Br)nc1. The van der Waals surface area contributed by atoms with Crippen LogP contribution in [-0.2, 0) is 12.8 Å². The quantitative estimate of drug-likeness (QED) is 0.793. The van der Waals surface area contributed by atoms with E-state index in [1.165, 1.54) is 5.56 Å². The molecular weight excluding hydrogens is 302 g/mol. The predicted molar refractivity (Wildman–Crippen MR) is 80.5 cm³/mol. The van der Waals surface area contributed by atoms with Gasteiger partial charge in [-0.25, -0.2) is 0 Å². The maximum Gasteiger partial charge on any atom is 0.169 e. The van der Waals surface area contributed by atoms with Crippen LogP contribution in [-0.4, -0.2) is 10.8 Å². The molecule has 0 saturated heterocycles. The molecule has 0 aliphatic rings. The molecule has 0 aliphatic heterocycles. The number of Topliss-reactive ketones (excluding diaryl/α,β-unsaturated/α-hetero) is 1. The highest BCUT2D eigenvalue weighted by Gasteiger charge is 2.11. The number of carbonyl (C=O) groups excluding carboxylic acids is 1. The van der Waals surface area contributed by atoms with Crippen molar-refractivity contribution in [3.05, 3.63) is 63.4 Å². The fourth-order valence-corrected chi connectivity index (χ4v) is 2.35. The summed E-state index contributed by atoms with van der Waals surface area (Å²) in [7, 11) is 0. The number of pyridine rings is 1. The lowest BCUT2D eigenvalue weighted by Gasteiger charge is -2.05. The molecule has 0 unspecified atom stereocenters. The number of hydrogen-bond acceptors (Lipinski definition) is 2. The van der Waals surface area contributed by atoms with Gasteiger partial charge in [-0.3, -0.25) is 9.78 Å². The van der Waals surface area contributed by atoms with Crippen LogP contribution in [0.4, 0.5) is 0 Å². The lowest BCUT2D eigenvalue weighted by molar-refractivity contribution is 0.0991. The van der Waals surface area contributed by atoms with Crippen molar-refractivity contribution in [1.82, 2.24) is 4.98 Å². The van der Waals surface area contributed by atoms with E-state index in [9.17, 15) is 4.79 Å². The molecule has 3 heteroatoms. The molecule has 0 amide bonds. The summed E-state index contributed by atoms with van der Waals surface area (Å²) < 4.78 is 0.841. The van der Waals surface area contributed by atoms with Crippen molar-refractivity contribution >= 4 is 21.7 Å². The van der Waals surface area contributed by atoms with Crippen molar-refractivity contribution in [3.63, 3.8) is 0 Å². The first kappa shape index (κ1) is 13.9. The Hall–Kier alpha value is -1.48. The Balaban J connectivity index is 2.18. The number of rotatable bonds is 4. The van der Waals surface area contributed by atoms with E-state index in [-0.39, 0.29) is 5.78 Å². The van der Waals surface area contributed by atoms with Gasteiger partial charge in [-0.1, -0.05) is 40.5 Å². The minimum absolute atomic E-state index is 0.0901. The van der Waals surface area contributed by atoms with Crippen LogP contribution in [0, 0.1) is 6.92 Å². The lowest BCUT2D eigenvalue weighted by atomic mass is 10.0. The highest BCUT2D eigenvalue weighted by molar-refractivity contribution is 9.10. The van der Waals surface area contributed by atoms with Gasteiger partial charge in [0.1, 0.15) is 0 Å². The van der Waals surface area contributed by atoms with Gasteiger partial charge in [0.2, 0.25) is 0 Å². The number of halogens is 1. The van der Waals surface area contributed by atoms with Gasteiger partial charge in [0.25, 0.3) is 0 Å². The third-order valence-electron chi connectivity index (χ3n) is 3.06. The third kappa shape index (κ3) is 3.51. The molecule has 0 bridgehead atoms. The molecule has 2 aromatic rings. The van der Waals surface area contributed by atoms with E-state index in [4.69, 9.17) is 0 Å². The first-order valence-corrected chi connectivity index (χ1v) is 7.12. The molecule has 0 fully saturated rings. The van der Waals surface area contributed by atoms with E-state index in [0.717, 1.165) is 27.7 Å². The Bertz CT molecular complexity index is 590. The molecule has 0 radical (unpaired) electrons. The molecule has 1 heterocycles. The maximum atomic E-state index is 12.3. The van der Waals surface area contributed by atoms with E-state index < -0.39 is 0 Å². The molecule has 0 atom stereocenters. The van der Waals surface area contributed by atoms with Crippen molar-refractivity contribution < 1.29 is 4.79 Å². The van der Waals surface area contributed by atoms with Crippen molar-refractivity contribution in [1.29, 1.82) is 0 Å². The summed E-state index contributed by atoms with van der Waals surface area (Å²) in [5.74, 6) is 0.0901. The first-order valence-electron chi connectivity index (χ1n) is 6.33. The topological polar surface area (TPSA) is 30.0 Å². The van der Waals surface area contributed by atoms with Crippen LogP contribution >= 0.6 is 15.9 Å². The molecule has 19 heavy (non-hydrogen) atoms. The van der Waals surface area contributed by atoms with Crippen molar-refractivity contribution in [2.75, 3.05) is 0 Å². The van der Waals surface area contributed by atoms with Gasteiger partial charge in [-0.2, -0.15) is 0 Å². The second kappa shape index (κ2) is 6.11.